The summed E-state index contributed by atoms with van der Waals surface area (Å²) in [5.41, 5.74) is 5.35. The van der Waals surface area contributed by atoms with E-state index in [2.05, 4.69) is 55.8 Å². The van der Waals surface area contributed by atoms with Crippen LogP contribution in [0.4, 0.5) is 17.1 Å². The maximum atomic E-state index is 13.9. The number of nitrogens with zero attached hydrogens (tertiary/aromatic N) is 4. The number of aliphatic hydroxyl groups excluding tert-OH is 1. The Bertz CT molecular complexity index is 2570. The number of rotatable bonds is 11. The number of sulfonamides is 1. The molecule has 1 saturated heterocycles. The highest BCUT2D eigenvalue weighted by atomic mass is 35.5. The van der Waals surface area contributed by atoms with Gasteiger partial charge in [-0.05, 0) is 78.3 Å². The summed E-state index contributed by atoms with van der Waals surface area (Å²) in [7, 11) is -4.60. The molecule has 0 unspecified atom stereocenters. The molecule has 1 aliphatic carbocycles. The number of hydrogen-bond acceptors (Lipinski definition) is 12. The van der Waals surface area contributed by atoms with Gasteiger partial charge in [-0.25, -0.2) is 18.1 Å². The highest BCUT2D eigenvalue weighted by Gasteiger charge is 2.32. The van der Waals surface area contributed by atoms with Crippen LogP contribution in [0, 0.1) is 15.5 Å². The van der Waals surface area contributed by atoms with Crippen LogP contribution < -0.4 is 19.7 Å². The van der Waals surface area contributed by atoms with Crippen molar-refractivity contribution < 1.29 is 28.0 Å². The normalized spacial score (nSPS) is 18.3. The number of aromatic nitrogens is 2. The van der Waals surface area contributed by atoms with E-state index in [-0.39, 0.29) is 29.0 Å². The molecule has 59 heavy (non-hydrogen) atoms. The predicted molar refractivity (Wildman–Crippen MR) is 230 cm³/mol. The van der Waals surface area contributed by atoms with E-state index in [1.807, 2.05) is 18.2 Å². The quantitative estimate of drug-likeness (QED) is 0.0752. The number of hydrogen-bond donors (Lipinski definition) is 4. The minimum atomic E-state index is -4.60. The lowest BCUT2D eigenvalue weighted by Crippen LogP contribution is -2.47. The zero-order chi connectivity index (χ0) is 41.5. The number of pyridine rings is 1. The molecule has 3 aliphatic rings. The van der Waals surface area contributed by atoms with E-state index in [1.54, 1.807) is 24.4 Å². The maximum Gasteiger partial charge on any atom is 0.294 e. The molecule has 4 heterocycles. The molecule has 308 valence electrons. The van der Waals surface area contributed by atoms with Gasteiger partial charge in [0.2, 0.25) is 0 Å². The Hall–Kier alpha value is -5.13. The van der Waals surface area contributed by atoms with Crippen LogP contribution in [0.25, 0.3) is 16.6 Å². The molecule has 0 spiro atoms. The van der Waals surface area contributed by atoms with Crippen LogP contribution in [-0.4, -0.2) is 90.3 Å². The Balaban J connectivity index is 1.04. The summed E-state index contributed by atoms with van der Waals surface area (Å²) in [5, 5.41) is 26.0. The zero-order valence-electron chi connectivity index (χ0n) is 32.5. The molecule has 14 nitrogen and oxygen atoms in total. The van der Waals surface area contributed by atoms with Gasteiger partial charge in [0.25, 0.3) is 21.6 Å². The first-order chi connectivity index (χ1) is 28.2. The topological polar surface area (TPSA) is 183 Å². The second-order valence-electron chi connectivity index (χ2n) is 15.9. The first kappa shape index (κ1) is 40.6. The molecule has 5 aromatic rings. The van der Waals surface area contributed by atoms with Crippen LogP contribution in [0.5, 0.6) is 11.5 Å². The number of carbonyl (C=O) groups is 1. The summed E-state index contributed by atoms with van der Waals surface area (Å²) in [6.07, 6.45) is 6.45. The number of nitro benzene ring substituents is 1. The van der Waals surface area contributed by atoms with Gasteiger partial charge < -0.3 is 25.0 Å². The van der Waals surface area contributed by atoms with E-state index in [9.17, 15) is 28.4 Å². The number of benzene rings is 3. The second-order valence-corrected chi connectivity index (χ2v) is 19.1. The summed E-state index contributed by atoms with van der Waals surface area (Å²) < 4.78 is 35.8. The van der Waals surface area contributed by atoms with Crippen molar-refractivity contribution in [1.82, 2.24) is 19.6 Å². The van der Waals surface area contributed by atoms with Gasteiger partial charge in [0, 0.05) is 77.8 Å². The van der Waals surface area contributed by atoms with Crippen molar-refractivity contribution in [2.24, 2.45) is 5.41 Å². The van der Waals surface area contributed by atoms with E-state index in [1.165, 1.54) is 46.8 Å². The molecule has 0 radical (unpaired) electrons. The summed E-state index contributed by atoms with van der Waals surface area (Å²) >= 11 is 7.41. The zero-order valence-corrected chi connectivity index (χ0v) is 34.9. The number of aliphatic hydroxyl groups is 1. The number of anilines is 2. The molecule has 17 heteroatoms. The standard InChI is InChI=1S/C42H44ClN7O7S2/c1-42(2)11-9-28(35(21-42)26-3-5-29(43)6-4-26)23-48-13-15-49(16-14-48)31-7-8-34(37(18-31)57-32-17-27-10-12-44-40(27)45-22-32)41(52)47-59(55,56)33-19-36(50(53)54)39-38(20-33)58-25-30(24-51)46-39/h3-8,10,12,17-20,22,30,46,51H,9,11,13-16,21,23-25H2,1-2H3,(H,44,45)(H,47,52)/t30-/m1/s1. The van der Waals surface area contributed by atoms with E-state index in [0.29, 0.717) is 35.1 Å². The molecule has 4 N–H and O–H groups in total. The summed E-state index contributed by atoms with van der Waals surface area (Å²) in [6, 6.07) is 18.5. The smallest absolute Gasteiger partial charge is 0.294 e. The molecule has 0 saturated carbocycles. The van der Waals surface area contributed by atoms with Crippen molar-refractivity contribution in [3.05, 3.63) is 111 Å². The van der Waals surface area contributed by atoms with Crippen LogP contribution in [0.2, 0.25) is 5.02 Å². The number of H-pyrrole nitrogens is 1. The molecule has 0 bridgehead atoms. The molecular weight excluding hydrogens is 814 g/mol. The average Bonchev–Trinajstić information content (AvgIpc) is 3.69. The Labute approximate surface area is 351 Å². The van der Waals surface area contributed by atoms with E-state index >= 15 is 0 Å². The predicted octanol–water partition coefficient (Wildman–Crippen LogP) is 7.70. The van der Waals surface area contributed by atoms with Gasteiger partial charge in [0.1, 0.15) is 22.8 Å². The van der Waals surface area contributed by atoms with Gasteiger partial charge in [-0.2, -0.15) is 0 Å². The fourth-order valence-electron chi connectivity index (χ4n) is 7.88. The minimum absolute atomic E-state index is 0.0543. The average molecular weight is 858 g/mol. The molecule has 2 aromatic heterocycles. The molecule has 1 amide bonds. The fraction of sp³-hybridized carbons (Fsp3) is 0.333. The van der Waals surface area contributed by atoms with Gasteiger partial charge in [-0.3, -0.25) is 19.8 Å². The number of fused-ring (bicyclic) bond motifs is 2. The highest BCUT2D eigenvalue weighted by Crippen LogP contribution is 2.44. The van der Waals surface area contributed by atoms with Crippen LogP contribution in [0.1, 0.15) is 49.0 Å². The first-order valence-electron chi connectivity index (χ1n) is 19.3. The number of nitro groups is 1. The minimum Gasteiger partial charge on any atom is -0.455 e. The van der Waals surface area contributed by atoms with E-state index < -0.39 is 37.5 Å². The van der Waals surface area contributed by atoms with Crippen molar-refractivity contribution in [3.63, 3.8) is 0 Å². The molecule has 2 aliphatic heterocycles. The number of aromatic amines is 1. The number of piperazine rings is 1. The first-order valence-corrected chi connectivity index (χ1v) is 22.2. The Morgan fingerprint density at radius 2 is 1.88 bits per heavy atom. The molecular formula is C42H44ClN7O7S2. The van der Waals surface area contributed by atoms with E-state index in [4.69, 9.17) is 16.3 Å². The number of allylic oxidation sites excluding steroid dienone is 1. The number of nitrogens with one attached hydrogen (secondary N) is 3. The van der Waals surface area contributed by atoms with Gasteiger partial charge >= 0.3 is 0 Å². The number of amides is 1. The second kappa shape index (κ2) is 16.5. The lowest BCUT2D eigenvalue weighted by Gasteiger charge is -2.39. The highest BCUT2D eigenvalue weighted by molar-refractivity contribution is 7.99. The summed E-state index contributed by atoms with van der Waals surface area (Å²) in [4.78, 5) is 37.2. The van der Waals surface area contributed by atoms with Crippen molar-refractivity contribution in [1.29, 1.82) is 0 Å². The Morgan fingerprint density at radius 1 is 1.10 bits per heavy atom. The fourth-order valence-corrected chi connectivity index (χ4v) is 10.2. The van der Waals surface area contributed by atoms with Gasteiger partial charge in [0.05, 0.1) is 34.2 Å². The summed E-state index contributed by atoms with van der Waals surface area (Å²) in [6.45, 7) is 8.34. The van der Waals surface area contributed by atoms with Crippen LogP contribution >= 0.6 is 23.4 Å². The van der Waals surface area contributed by atoms with Crippen molar-refractivity contribution in [2.75, 3.05) is 55.3 Å². The number of thioether (sulfide) groups is 1. The maximum absolute atomic E-state index is 13.9. The van der Waals surface area contributed by atoms with Crippen molar-refractivity contribution in [2.45, 2.75) is 48.9 Å². The number of halogens is 1. The monoisotopic (exact) mass is 857 g/mol. The Kier molecular flexibility index (Phi) is 11.4. The van der Waals surface area contributed by atoms with Gasteiger partial charge in [-0.15, -0.1) is 11.8 Å². The summed E-state index contributed by atoms with van der Waals surface area (Å²) in [5.74, 6) is -0.154. The molecule has 3 aromatic carbocycles. The van der Waals surface area contributed by atoms with Crippen LogP contribution in [0.3, 0.4) is 0 Å². The van der Waals surface area contributed by atoms with Crippen LogP contribution in [0.15, 0.2) is 94.5 Å². The van der Waals surface area contributed by atoms with Crippen molar-refractivity contribution in [3.8, 4) is 11.5 Å². The number of carbonyl (C=O) groups excluding carboxylic acids is 1. The number of ether oxygens (including phenoxy) is 1. The lowest BCUT2D eigenvalue weighted by molar-refractivity contribution is -0.384. The molecule has 8 rings (SSSR count). The Morgan fingerprint density at radius 3 is 2.63 bits per heavy atom. The van der Waals surface area contributed by atoms with Crippen molar-refractivity contribution >= 4 is 73.0 Å². The molecule has 1 fully saturated rings. The van der Waals surface area contributed by atoms with Gasteiger partial charge in [-0.1, -0.05) is 43.2 Å². The van der Waals surface area contributed by atoms with Gasteiger partial charge in [0.15, 0.2) is 0 Å². The largest absolute Gasteiger partial charge is 0.455 e. The molecule has 1 atom stereocenters. The third-order valence-electron chi connectivity index (χ3n) is 11.1. The third kappa shape index (κ3) is 8.92. The van der Waals surface area contributed by atoms with Crippen LogP contribution in [-0.2, 0) is 10.0 Å². The third-order valence-corrected chi connectivity index (χ3v) is 13.9. The lowest BCUT2D eigenvalue weighted by atomic mass is 9.72. The SMILES string of the molecule is CC1(C)CCC(CN2CCN(c3ccc(C(=O)NS(=O)(=O)c4cc5c(c([N+](=O)[O-])c4)N[C@H](CO)CS5)c(Oc4cnc5[nH]ccc5c4)c3)CC2)=C(c2ccc(Cl)cc2)C1. The van der Waals surface area contributed by atoms with E-state index in [0.717, 1.165) is 61.1 Å².